The predicted octanol–water partition coefficient (Wildman–Crippen LogP) is 1.87. The number of nitriles is 1. The van der Waals surface area contributed by atoms with Gasteiger partial charge in [-0.05, 0) is 42.0 Å². The third kappa shape index (κ3) is 4.02. The number of sulfone groups is 1. The van der Waals surface area contributed by atoms with Gasteiger partial charge in [0, 0.05) is 0 Å². The fourth-order valence-electron chi connectivity index (χ4n) is 2.41. The van der Waals surface area contributed by atoms with Crippen LogP contribution >= 0.6 is 0 Å². The highest BCUT2D eigenvalue weighted by molar-refractivity contribution is 7.90. The van der Waals surface area contributed by atoms with Crippen molar-refractivity contribution in [2.75, 3.05) is 5.75 Å². The molecule has 0 atom stereocenters. The SMILES string of the molecule is N#Cc1ccc(F)cc1CS(=O)(=O)CC1(CC(=O)O)CC1. The van der Waals surface area contributed by atoms with E-state index in [4.69, 9.17) is 10.4 Å². The van der Waals surface area contributed by atoms with Crippen LogP contribution in [0.2, 0.25) is 0 Å². The number of nitrogens with zero attached hydrogens (tertiary/aromatic N) is 1. The number of carboxylic acids is 1. The quantitative estimate of drug-likeness (QED) is 0.865. The second kappa shape index (κ2) is 5.45. The summed E-state index contributed by atoms with van der Waals surface area (Å²) in [6.07, 6.45) is 0.945. The summed E-state index contributed by atoms with van der Waals surface area (Å²) in [5.41, 5.74) is -0.461. The standard InChI is InChI=1S/C14H14FNO4S/c15-12-2-1-10(7-16)11(5-12)8-21(19,20)9-14(3-4-14)6-13(17)18/h1-2,5H,3-4,6,8-9H2,(H,17,18). The van der Waals surface area contributed by atoms with Gasteiger partial charge in [0.1, 0.15) is 5.82 Å². The van der Waals surface area contributed by atoms with Gasteiger partial charge in [0.25, 0.3) is 0 Å². The second-order valence-corrected chi connectivity index (χ2v) is 7.58. The molecule has 1 aliphatic rings. The van der Waals surface area contributed by atoms with Crippen molar-refractivity contribution >= 4 is 15.8 Å². The summed E-state index contributed by atoms with van der Waals surface area (Å²) in [7, 11) is -3.61. The zero-order valence-electron chi connectivity index (χ0n) is 11.2. The molecule has 1 saturated carbocycles. The highest BCUT2D eigenvalue weighted by Gasteiger charge is 2.47. The minimum atomic E-state index is -3.61. The molecule has 1 fully saturated rings. The molecule has 0 heterocycles. The lowest BCUT2D eigenvalue weighted by molar-refractivity contribution is -0.138. The van der Waals surface area contributed by atoms with E-state index in [1.807, 2.05) is 6.07 Å². The zero-order chi connectivity index (χ0) is 15.7. The normalized spacial score (nSPS) is 16.2. The first-order chi connectivity index (χ1) is 9.75. The number of carbonyl (C=O) groups is 1. The molecule has 1 aromatic carbocycles. The Morgan fingerprint density at radius 3 is 2.62 bits per heavy atom. The van der Waals surface area contributed by atoms with E-state index >= 15 is 0 Å². The number of carboxylic acid groups (broad SMARTS) is 1. The Hall–Kier alpha value is -1.94. The van der Waals surface area contributed by atoms with Crippen LogP contribution in [0.25, 0.3) is 0 Å². The molecule has 1 aromatic rings. The molecule has 7 heteroatoms. The van der Waals surface area contributed by atoms with Crippen LogP contribution in [-0.2, 0) is 20.4 Å². The first-order valence-electron chi connectivity index (χ1n) is 6.36. The smallest absolute Gasteiger partial charge is 0.303 e. The molecule has 112 valence electrons. The molecule has 0 saturated heterocycles. The number of halogens is 1. The average Bonchev–Trinajstić information content (AvgIpc) is 3.05. The molecular formula is C14H14FNO4S. The van der Waals surface area contributed by atoms with Crippen molar-refractivity contribution in [1.82, 2.24) is 0 Å². The summed E-state index contributed by atoms with van der Waals surface area (Å²) in [6, 6.07) is 5.20. The van der Waals surface area contributed by atoms with Crippen LogP contribution in [0.5, 0.6) is 0 Å². The van der Waals surface area contributed by atoms with Gasteiger partial charge in [-0.15, -0.1) is 0 Å². The van der Waals surface area contributed by atoms with Crippen molar-refractivity contribution in [1.29, 1.82) is 5.26 Å². The van der Waals surface area contributed by atoms with Crippen LogP contribution in [0.3, 0.4) is 0 Å². The van der Waals surface area contributed by atoms with Crippen molar-refractivity contribution < 1.29 is 22.7 Å². The summed E-state index contributed by atoms with van der Waals surface area (Å²) in [5.74, 6) is -2.32. The number of hydrogen-bond acceptors (Lipinski definition) is 4. The van der Waals surface area contributed by atoms with E-state index in [9.17, 15) is 17.6 Å². The second-order valence-electron chi connectivity index (χ2n) is 5.52. The minimum Gasteiger partial charge on any atom is -0.481 e. The summed E-state index contributed by atoms with van der Waals surface area (Å²) in [5, 5.41) is 17.7. The van der Waals surface area contributed by atoms with Crippen LogP contribution < -0.4 is 0 Å². The Kier molecular flexibility index (Phi) is 4.01. The first-order valence-corrected chi connectivity index (χ1v) is 8.18. The number of benzene rings is 1. The van der Waals surface area contributed by atoms with E-state index < -0.39 is 32.8 Å². The van der Waals surface area contributed by atoms with Crippen LogP contribution in [-0.4, -0.2) is 25.2 Å². The molecule has 0 aliphatic heterocycles. The largest absolute Gasteiger partial charge is 0.481 e. The highest BCUT2D eigenvalue weighted by atomic mass is 32.2. The Balaban J connectivity index is 2.17. The zero-order valence-corrected chi connectivity index (χ0v) is 12.0. The van der Waals surface area contributed by atoms with Crippen molar-refractivity contribution in [2.24, 2.45) is 5.41 Å². The van der Waals surface area contributed by atoms with E-state index in [2.05, 4.69) is 0 Å². The van der Waals surface area contributed by atoms with Crippen molar-refractivity contribution in [3.05, 3.63) is 35.1 Å². The molecule has 1 N–H and O–H groups in total. The maximum absolute atomic E-state index is 13.2. The molecule has 0 radical (unpaired) electrons. The average molecular weight is 311 g/mol. The molecule has 0 amide bonds. The van der Waals surface area contributed by atoms with Gasteiger partial charge in [0.15, 0.2) is 9.84 Å². The van der Waals surface area contributed by atoms with Crippen LogP contribution in [0, 0.1) is 22.6 Å². The van der Waals surface area contributed by atoms with Gasteiger partial charge >= 0.3 is 5.97 Å². The summed E-state index contributed by atoms with van der Waals surface area (Å²) >= 11 is 0. The van der Waals surface area contributed by atoms with Crippen LogP contribution in [0.1, 0.15) is 30.4 Å². The topological polar surface area (TPSA) is 95.2 Å². The van der Waals surface area contributed by atoms with E-state index in [0.29, 0.717) is 12.8 Å². The number of aliphatic carboxylic acids is 1. The van der Waals surface area contributed by atoms with Gasteiger partial charge in [0.2, 0.25) is 0 Å². The van der Waals surface area contributed by atoms with Crippen molar-refractivity contribution in [3.8, 4) is 6.07 Å². The lowest BCUT2D eigenvalue weighted by Gasteiger charge is -2.13. The van der Waals surface area contributed by atoms with Gasteiger partial charge in [-0.1, -0.05) is 0 Å². The molecule has 21 heavy (non-hydrogen) atoms. The molecule has 5 nitrogen and oxygen atoms in total. The number of rotatable bonds is 6. The van der Waals surface area contributed by atoms with Gasteiger partial charge < -0.3 is 5.11 Å². The van der Waals surface area contributed by atoms with Crippen LogP contribution in [0.15, 0.2) is 18.2 Å². The maximum atomic E-state index is 13.2. The van der Waals surface area contributed by atoms with Gasteiger partial charge in [-0.2, -0.15) is 5.26 Å². The van der Waals surface area contributed by atoms with Gasteiger partial charge in [-0.3, -0.25) is 4.79 Å². The van der Waals surface area contributed by atoms with Crippen molar-refractivity contribution in [3.63, 3.8) is 0 Å². The fraction of sp³-hybridized carbons (Fsp3) is 0.429. The van der Waals surface area contributed by atoms with E-state index in [1.165, 1.54) is 6.07 Å². The molecular weight excluding hydrogens is 297 g/mol. The molecule has 0 spiro atoms. The maximum Gasteiger partial charge on any atom is 0.303 e. The van der Waals surface area contributed by atoms with Gasteiger partial charge in [-0.25, -0.2) is 12.8 Å². The summed E-state index contributed by atoms with van der Waals surface area (Å²) < 4.78 is 37.6. The Labute approximate surface area is 121 Å². The molecule has 2 rings (SSSR count). The number of hydrogen-bond donors (Lipinski definition) is 1. The lowest BCUT2D eigenvalue weighted by atomic mass is 10.1. The lowest BCUT2D eigenvalue weighted by Crippen LogP contribution is -2.22. The minimum absolute atomic E-state index is 0.114. The molecule has 0 unspecified atom stereocenters. The highest BCUT2D eigenvalue weighted by Crippen LogP contribution is 2.50. The van der Waals surface area contributed by atoms with E-state index in [0.717, 1.165) is 12.1 Å². The molecule has 1 aliphatic carbocycles. The molecule has 0 aromatic heterocycles. The van der Waals surface area contributed by atoms with Crippen LogP contribution in [0.4, 0.5) is 4.39 Å². The fourth-order valence-corrected chi connectivity index (χ4v) is 4.55. The third-order valence-corrected chi connectivity index (χ3v) is 5.38. The van der Waals surface area contributed by atoms with E-state index in [1.54, 1.807) is 0 Å². The summed E-state index contributed by atoms with van der Waals surface area (Å²) in [4.78, 5) is 10.8. The Bertz CT molecular complexity index is 717. The Morgan fingerprint density at radius 1 is 1.43 bits per heavy atom. The van der Waals surface area contributed by atoms with Gasteiger partial charge in [0.05, 0.1) is 29.6 Å². The Morgan fingerprint density at radius 2 is 2.10 bits per heavy atom. The third-order valence-electron chi connectivity index (χ3n) is 3.57. The predicted molar refractivity (Wildman–Crippen MR) is 72.5 cm³/mol. The first kappa shape index (κ1) is 15.4. The monoisotopic (exact) mass is 311 g/mol. The van der Waals surface area contributed by atoms with Crippen molar-refractivity contribution in [2.45, 2.75) is 25.0 Å². The van der Waals surface area contributed by atoms with E-state index in [-0.39, 0.29) is 23.3 Å². The molecule has 0 bridgehead atoms. The summed E-state index contributed by atoms with van der Waals surface area (Å²) in [6.45, 7) is 0.